The van der Waals surface area contributed by atoms with E-state index in [0.717, 1.165) is 22.2 Å². The van der Waals surface area contributed by atoms with Crippen LogP contribution < -0.4 is 4.74 Å². The van der Waals surface area contributed by atoms with Gasteiger partial charge in [0, 0.05) is 12.3 Å². The van der Waals surface area contributed by atoms with Gasteiger partial charge >= 0.3 is 0 Å². The Bertz CT molecular complexity index is 902. The van der Waals surface area contributed by atoms with Crippen LogP contribution in [0.25, 0.3) is 16.6 Å². The predicted octanol–water partition coefficient (Wildman–Crippen LogP) is 2.86. The fourth-order valence-corrected chi connectivity index (χ4v) is 2.31. The monoisotopic (exact) mass is 276 g/mol. The van der Waals surface area contributed by atoms with E-state index in [9.17, 15) is 0 Å². The van der Waals surface area contributed by atoms with Gasteiger partial charge in [0.05, 0.1) is 22.8 Å². The molecular weight excluding hydrogens is 264 g/mol. The lowest BCUT2D eigenvalue weighted by atomic mass is 10.2. The number of fused-ring (bicyclic) bond motifs is 3. The van der Waals surface area contributed by atoms with E-state index in [1.165, 1.54) is 0 Å². The summed E-state index contributed by atoms with van der Waals surface area (Å²) in [6.07, 6.45) is 3.49. The molecule has 0 N–H and O–H groups in total. The Morgan fingerprint density at radius 3 is 2.76 bits per heavy atom. The van der Waals surface area contributed by atoms with Gasteiger partial charge in [-0.3, -0.25) is 4.98 Å². The maximum absolute atomic E-state index is 5.87. The van der Waals surface area contributed by atoms with Gasteiger partial charge < -0.3 is 4.74 Å². The summed E-state index contributed by atoms with van der Waals surface area (Å²) in [5.41, 5.74) is 2.62. The highest BCUT2D eigenvalue weighted by Gasteiger charge is 2.09. The molecule has 3 aromatic heterocycles. The van der Waals surface area contributed by atoms with Crippen LogP contribution in [0.15, 0.2) is 60.9 Å². The van der Waals surface area contributed by atoms with Gasteiger partial charge in [-0.25, -0.2) is 4.52 Å². The van der Waals surface area contributed by atoms with Crippen LogP contribution in [0.1, 0.15) is 5.69 Å². The van der Waals surface area contributed by atoms with E-state index in [1.54, 1.807) is 12.4 Å². The van der Waals surface area contributed by atoms with Crippen LogP contribution >= 0.6 is 0 Å². The lowest BCUT2D eigenvalue weighted by Gasteiger charge is -2.09. The van der Waals surface area contributed by atoms with E-state index in [2.05, 4.69) is 15.1 Å². The Kier molecular flexibility index (Phi) is 2.74. The molecule has 0 aliphatic heterocycles. The second kappa shape index (κ2) is 4.86. The molecule has 0 fully saturated rings. The van der Waals surface area contributed by atoms with Gasteiger partial charge in [0.25, 0.3) is 0 Å². The van der Waals surface area contributed by atoms with E-state index >= 15 is 0 Å². The molecule has 4 rings (SSSR count). The van der Waals surface area contributed by atoms with Crippen LogP contribution in [0.2, 0.25) is 0 Å². The summed E-state index contributed by atoms with van der Waals surface area (Å²) >= 11 is 0. The largest absolute Gasteiger partial charge is 0.471 e. The zero-order chi connectivity index (χ0) is 14.1. The summed E-state index contributed by atoms with van der Waals surface area (Å²) in [5, 5.41) is 5.23. The SMILES string of the molecule is c1ccc(COc2nc3ccnn3c3ccccc23)nc1. The summed E-state index contributed by atoms with van der Waals surface area (Å²) in [7, 11) is 0. The molecule has 5 nitrogen and oxygen atoms in total. The molecule has 0 bridgehead atoms. The molecule has 0 saturated heterocycles. The number of pyridine rings is 1. The Morgan fingerprint density at radius 2 is 1.86 bits per heavy atom. The quantitative estimate of drug-likeness (QED) is 0.577. The topological polar surface area (TPSA) is 52.3 Å². The maximum atomic E-state index is 5.87. The van der Waals surface area contributed by atoms with Crippen LogP contribution in [-0.2, 0) is 6.61 Å². The van der Waals surface area contributed by atoms with Crippen LogP contribution in [0, 0.1) is 0 Å². The number of rotatable bonds is 3. The molecule has 4 aromatic rings. The maximum Gasteiger partial charge on any atom is 0.225 e. The number of para-hydroxylation sites is 1. The average molecular weight is 276 g/mol. The van der Waals surface area contributed by atoms with Crippen molar-refractivity contribution in [2.45, 2.75) is 6.61 Å². The van der Waals surface area contributed by atoms with Crippen molar-refractivity contribution in [3.05, 3.63) is 66.6 Å². The number of hydrogen-bond acceptors (Lipinski definition) is 4. The first-order valence-corrected chi connectivity index (χ1v) is 6.67. The fraction of sp³-hybridized carbons (Fsp3) is 0.0625. The van der Waals surface area contributed by atoms with Gasteiger partial charge in [0.2, 0.25) is 5.88 Å². The second-order valence-electron chi connectivity index (χ2n) is 4.65. The molecule has 0 radical (unpaired) electrons. The van der Waals surface area contributed by atoms with Gasteiger partial charge in [-0.15, -0.1) is 0 Å². The standard InChI is InChI=1S/C16H12N4O/c1-2-7-14-13(6-1)16(19-15-8-10-18-20(14)15)21-11-12-5-3-4-9-17-12/h1-10H,11H2. The zero-order valence-electron chi connectivity index (χ0n) is 11.2. The van der Waals surface area contributed by atoms with Gasteiger partial charge in [-0.1, -0.05) is 18.2 Å². The van der Waals surface area contributed by atoms with Gasteiger partial charge in [0.1, 0.15) is 6.61 Å². The van der Waals surface area contributed by atoms with Crippen LogP contribution in [0.3, 0.4) is 0 Å². The minimum Gasteiger partial charge on any atom is -0.471 e. The molecule has 1 aromatic carbocycles. The Morgan fingerprint density at radius 1 is 0.952 bits per heavy atom. The number of benzene rings is 1. The third kappa shape index (κ3) is 2.08. The molecule has 3 heterocycles. The highest BCUT2D eigenvalue weighted by atomic mass is 16.5. The van der Waals surface area contributed by atoms with Crippen molar-refractivity contribution in [2.75, 3.05) is 0 Å². The van der Waals surface area contributed by atoms with Crippen molar-refractivity contribution < 1.29 is 4.74 Å². The summed E-state index contributed by atoms with van der Waals surface area (Å²) in [6, 6.07) is 15.5. The minimum atomic E-state index is 0.391. The molecule has 5 heteroatoms. The first-order valence-electron chi connectivity index (χ1n) is 6.67. The molecule has 0 atom stereocenters. The molecular formula is C16H12N4O. The van der Waals surface area contributed by atoms with Crippen molar-refractivity contribution in [3.63, 3.8) is 0 Å². The van der Waals surface area contributed by atoms with Gasteiger partial charge in [-0.05, 0) is 24.3 Å². The molecule has 0 aliphatic rings. The van der Waals surface area contributed by atoms with Gasteiger partial charge in [-0.2, -0.15) is 10.1 Å². The minimum absolute atomic E-state index is 0.391. The molecule has 0 aliphatic carbocycles. The van der Waals surface area contributed by atoms with Crippen LogP contribution in [-0.4, -0.2) is 19.6 Å². The number of hydrogen-bond donors (Lipinski definition) is 0. The van der Waals surface area contributed by atoms with E-state index in [1.807, 2.05) is 53.0 Å². The van der Waals surface area contributed by atoms with Crippen LogP contribution in [0.5, 0.6) is 5.88 Å². The normalized spacial score (nSPS) is 11.0. The molecule has 0 spiro atoms. The van der Waals surface area contributed by atoms with Crippen molar-refractivity contribution in [2.24, 2.45) is 0 Å². The molecule has 21 heavy (non-hydrogen) atoms. The molecule has 0 amide bonds. The summed E-state index contributed by atoms with van der Waals surface area (Å²) in [4.78, 5) is 8.78. The van der Waals surface area contributed by atoms with Crippen molar-refractivity contribution in [1.82, 2.24) is 19.6 Å². The van der Waals surface area contributed by atoms with E-state index in [-0.39, 0.29) is 0 Å². The first kappa shape index (κ1) is 11.8. The summed E-state index contributed by atoms with van der Waals surface area (Å²) in [5.74, 6) is 0.601. The van der Waals surface area contributed by atoms with Crippen LogP contribution in [0.4, 0.5) is 0 Å². The number of nitrogens with zero attached hydrogens (tertiary/aromatic N) is 4. The summed E-state index contributed by atoms with van der Waals surface area (Å²) < 4.78 is 7.68. The molecule has 0 unspecified atom stereocenters. The fourth-order valence-electron chi connectivity index (χ4n) is 2.31. The lowest BCUT2D eigenvalue weighted by molar-refractivity contribution is 0.294. The third-order valence-corrected chi connectivity index (χ3v) is 3.28. The Labute approximate surface area is 120 Å². The smallest absolute Gasteiger partial charge is 0.225 e. The zero-order valence-corrected chi connectivity index (χ0v) is 11.2. The predicted molar refractivity (Wildman–Crippen MR) is 79.1 cm³/mol. The number of aromatic nitrogens is 4. The van der Waals surface area contributed by atoms with E-state index in [4.69, 9.17) is 4.74 Å². The highest BCUT2D eigenvalue weighted by Crippen LogP contribution is 2.25. The molecule has 0 saturated carbocycles. The van der Waals surface area contributed by atoms with E-state index in [0.29, 0.717) is 12.5 Å². The summed E-state index contributed by atoms with van der Waals surface area (Å²) in [6.45, 7) is 0.391. The van der Waals surface area contributed by atoms with Crippen molar-refractivity contribution in [1.29, 1.82) is 0 Å². The Balaban J connectivity index is 1.79. The second-order valence-corrected chi connectivity index (χ2v) is 4.65. The van der Waals surface area contributed by atoms with Crippen molar-refractivity contribution in [3.8, 4) is 5.88 Å². The van der Waals surface area contributed by atoms with Crippen molar-refractivity contribution >= 4 is 16.6 Å². The van der Waals surface area contributed by atoms with Gasteiger partial charge in [0.15, 0.2) is 5.65 Å². The molecule has 102 valence electrons. The average Bonchev–Trinajstić information content (AvgIpc) is 3.02. The first-order chi connectivity index (χ1) is 10.4. The Hall–Kier alpha value is -2.95. The lowest BCUT2D eigenvalue weighted by Crippen LogP contribution is -2.02. The highest BCUT2D eigenvalue weighted by molar-refractivity contribution is 5.85. The number of ether oxygens (including phenoxy) is 1. The van der Waals surface area contributed by atoms with E-state index < -0.39 is 0 Å². The third-order valence-electron chi connectivity index (χ3n) is 3.28.